The molecule has 0 aliphatic rings. The first-order valence-electron chi connectivity index (χ1n) is 15.1. The summed E-state index contributed by atoms with van der Waals surface area (Å²) >= 11 is 0. The highest BCUT2D eigenvalue weighted by molar-refractivity contribution is 5.83. The predicted molar refractivity (Wildman–Crippen MR) is 172 cm³/mol. The summed E-state index contributed by atoms with van der Waals surface area (Å²) in [7, 11) is 1.58. The zero-order valence-corrected chi connectivity index (χ0v) is 26.4. The Bertz CT molecular complexity index is 1720. The first-order valence-corrected chi connectivity index (χ1v) is 15.1. The number of alkyl halides is 3. The normalized spacial score (nSPS) is 13.8. The molecule has 8 N–H and O–H groups in total. The predicted octanol–water partition coefficient (Wildman–Crippen LogP) is 4.63. The molecular weight excluding hydrogens is 620 g/mol. The summed E-state index contributed by atoms with van der Waals surface area (Å²) < 4.78 is 65.2. The van der Waals surface area contributed by atoms with Gasteiger partial charge in [0.2, 0.25) is 0 Å². The molecule has 11 nitrogen and oxygen atoms in total. The molecule has 15 heteroatoms. The Morgan fingerprint density at radius 1 is 1.15 bits per heavy atom. The molecule has 3 atom stereocenters. The van der Waals surface area contributed by atoms with Crippen LogP contribution in [0.2, 0.25) is 0 Å². The molecule has 4 rings (SSSR count). The zero-order chi connectivity index (χ0) is 34.3. The summed E-state index contributed by atoms with van der Waals surface area (Å²) in [5, 5.41) is 14.2. The fraction of sp³-hybridized carbons (Fsp3) is 0.406. The molecule has 0 amide bonds. The summed E-state index contributed by atoms with van der Waals surface area (Å²) in [6.07, 6.45) is -1.29. The number of aromatic amines is 1. The Morgan fingerprint density at radius 2 is 1.87 bits per heavy atom. The molecule has 4 aromatic rings. The van der Waals surface area contributed by atoms with E-state index in [2.05, 4.69) is 25.3 Å². The SMILES string of the molecule is COC[C@H](CCN[C@@H](C)c1ccc(-n2cc3cc(-c4cc(CCC[C@H](C)N)cc(OC(F)(F)F)c4F)[nH]c3nc2=O)cc1)NC(=N)N. The molecule has 0 fully saturated rings. The summed E-state index contributed by atoms with van der Waals surface area (Å²) in [5.41, 5.74) is 12.8. The van der Waals surface area contributed by atoms with Crippen molar-refractivity contribution in [2.75, 3.05) is 20.3 Å². The third-order valence-corrected chi connectivity index (χ3v) is 7.59. The van der Waals surface area contributed by atoms with Gasteiger partial charge >= 0.3 is 12.1 Å². The number of H-pyrrole nitrogens is 1. The molecule has 2 aromatic heterocycles. The number of ether oxygens (including phenoxy) is 2. The fourth-order valence-corrected chi connectivity index (χ4v) is 5.28. The number of hydrogen-bond donors (Lipinski definition) is 6. The van der Waals surface area contributed by atoms with E-state index in [-0.39, 0.29) is 41.0 Å². The van der Waals surface area contributed by atoms with E-state index in [9.17, 15) is 18.0 Å². The maximum absolute atomic E-state index is 15.4. The number of rotatable bonds is 15. The molecule has 0 saturated heterocycles. The van der Waals surface area contributed by atoms with Crippen molar-refractivity contribution in [1.82, 2.24) is 25.2 Å². The molecule has 47 heavy (non-hydrogen) atoms. The van der Waals surface area contributed by atoms with Crippen molar-refractivity contribution in [3.05, 3.63) is 76.1 Å². The zero-order valence-electron chi connectivity index (χ0n) is 26.4. The molecule has 0 saturated carbocycles. The number of methoxy groups -OCH3 is 1. The van der Waals surface area contributed by atoms with E-state index >= 15 is 4.39 Å². The van der Waals surface area contributed by atoms with Crippen molar-refractivity contribution in [2.45, 2.75) is 64.0 Å². The van der Waals surface area contributed by atoms with E-state index < -0.39 is 23.6 Å². The van der Waals surface area contributed by atoms with Crippen LogP contribution in [0.1, 0.15) is 50.3 Å². The summed E-state index contributed by atoms with van der Waals surface area (Å²) in [6, 6.07) is 11.1. The van der Waals surface area contributed by atoms with Crippen LogP contribution in [0.5, 0.6) is 5.75 Å². The molecule has 2 heterocycles. The number of aryl methyl sites for hydroxylation is 1. The second kappa shape index (κ2) is 15.4. The Kier molecular flexibility index (Phi) is 11.6. The molecule has 0 aliphatic carbocycles. The molecule has 2 aromatic carbocycles. The second-order valence-electron chi connectivity index (χ2n) is 11.5. The highest BCUT2D eigenvalue weighted by Gasteiger charge is 2.33. The maximum atomic E-state index is 15.4. The van der Waals surface area contributed by atoms with Crippen LogP contribution in [0.15, 0.2) is 53.5 Å². The number of fused-ring (bicyclic) bond motifs is 1. The van der Waals surface area contributed by atoms with E-state index in [1.54, 1.807) is 19.2 Å². The molecule has 0 bridgehead atoms. The number of hydrogen-bond acceptors (Lipinski definition) is 7. The molecule has 0 radical (unpaired) electrons. The maximum Gasteiger partial charge on any atom is 0.573 e. The van der Waals surface area contributed by atoms with Crippen molar-refractivity contribution in [3.8, 4) is 22.7 Å². The first-order chi connectivity index (χ1) is 22.2. The number of benzene rings is 2. The fourth-order valence-electron chi connectivity index (χ4n) is 5.28. The lowest BCUT2D eigenvalue weighted by Crippen LogP contribution is -2.43. The Morgan fingerprint density at radius 3 is 2.51 bits per heavy atom. The number of guanidine groups is 1. The molecule has 0 unspecified atom stereocenters. The van der Waals surface area contributed by atoms with Gasteiger partial charge < -0.3 is 36.6 Å². The largest absolute Gasteiger partial charge is 0.573 e. The summed E-state index contributed by atoms with van der Waals surface area (Å²) in [5.74, 6) is -2.25. The minimum absolute atomic E-state index is 0.0234. The molecule has 0 spiro atoms. The van der Waals surface area contributed by atoms with Crippen molar-refractivity contribution >= 4 is 17.0 Å². The van der Waals surface area contributed by atoms with Crippen LogP contribution >= 0.6 is 0 Å². The average molecular weight is 661 g/mol. The molecule has 0 aliphatic heterocycles. The summed E-state index contributed by atoms with van der Waals surface area (Å²) in [4.78, 5) is 20.0. The van der Waals surface area contributed by atoms with Crippen molar-refractivity contribution in [1.29, 1.82) is 5.41 Å². The number of nitrogens with zero attached hydrogens (tertiary/aromatic N) is 2. The minimum Gasteiger partial charge on any atom is -0.403 e. The second-order valence-corrected chi connectivity index (χ2v) is 11.5. The van der Waals surface area contributed by atoms with Gasteiger partial charge in [0.15, 0.2) is 17.5 Å². The van der Waals surface area contributed by atoms with Gasteiger partial charge in [-0.1, -0.05) is 12.1 Å². The van der Waals surface area contributed by atoms with E-state index in [1.807, 2.05) is 26.0 Å². The van der Waals surface area contributed by atoms with E-state index in [4.69, 9.17) is 21.6 Å². The Hall–Kier alpha value is -4.47. The van der Waals surface area contributed by atoms with E-state index in [1.165, 1.54) is 22.9 Å². The van der Waals surface area contributed by atoms with Crippen molar-refractivity contribution in [2.24, 2.45) is 11.5 Å². The van der Waals surface area contributed by atoms with Crippen molar-refractivity contribution in [3.63, 3.8) is 0 Å². The topological polar surface area (TPSA) is 169 Å². The van der Waals surface area contributed by atoms with Gasteiger partial charge in [0.05, 0.1) is 24.0 Å². The van der Waals surface area contributed by atoms with E-state index in [0.717, 1.165) is 11.6 Å². The third kappa shape index (κ3) is 9.76. The highest BCUT2D eigenvalue weighted by Crippen LogP contribution is 2.35. The van der Waals surface area contributed by atoms with Gasteiger partial charge in [0, 0.05) is 36.3 Å². The van der Waals surface area contributed by atoms with Gasteiger partial charge in [-0.15, -0.1) is 13.2 Å². The first kappa shape index (κ1) is 35.4. The smallest absolute Gasteiger partial charge is 0.403 e. The van der Waals surface area contributed by atoms with Gasteiger partial charge in [-0.2, -0.15) is 4.98 Å². The van der Waals surface area contributed by atoms with Gasteiger partial charge in [0.1, 0.15) is 5.65 Å². The van der Waals surface area contributed by atoms with Crippen LogP contribution in [0.4, 0.5) is 17.6 Å². The van der Waals surface area contributed by atoms with Gasteiger partial charge in [-0.05, 0) is 87.5 Å². The van der Waals surface area contributed by atoms with Crippen LogP contribution in [-0.4, -0.2) is 59.2 Å². The molecule has 254 valence electrons. The van der Waals surface area contributed by atoms with Gasteiger partial charge in [-0.3, -0.25) is 9.98 Å². The van der Waals surface area contributed by atoms with Crippen LogP contribution in [0.3, 0.4) is 0 Å². The van der Waals surface area contributed by atoms with Crippen LogP contribution in [-0.2, 0) is 11.2 Å². The number of halogens is 4. The monoisotopic (exact) mass is 660 g/mol. The standard InChI is InChI=1S/C32H40F4N8O3/c1-18(37)5-4-6-20-13-25(28(33)27(14-20)47-32(34,35)36)26-15-22-16-44(31(45)43-29(22)42-26)24-9-7-21(8-10-24)19(2)40-12-11-23(17-46-3)41-30(38)39/h7-10,13-16,18-19,23,40H,4-6,11-12,17,37H2,1-3H3,(H4,38,39,41)(H,42,43,45)/t18-,19-,23-/m0/s1. The van der Waals surface area contributed by atoms with E-state index in [0.29, 0.717) is 55.5 Å². The third-order valence-electron chi connectivity index (χ3n) is 7.59. The quantitative estimate of drug-likeness (QED) is 0.0610. The average Bonchev–Trinajstić information content (AvgIpc) is 3.39. The highest BCUT2D eigenvalue weighted by atomic mass is 19.4. The van der Waals surface area contributed by atoms with Crippen molar-refractivity contribution < 1.29 is 27.0 Å². The van der Waals surface area contributed by atoms with Gasteiger partial charge in [0.25, 0.3) is 0 Å². The van der Waals surface area contributed by atoms with Crippen LogP contribution in [0.25, 0.3) is 28.0 Å². The molecular formula is C32H40F4N8O3. The lowest BCUT2D eigenvalue weighted by atomic mass is 10.0. The Balaban J connectivity index is 1.56. The number of aromatic nitrogens is 3. The minimum atomic E-state index is -5.09. The van der Waals surface area contributed by atoms with Crippen LogP contribution in [0, 0.1) is 11.2 Å². The Labute approximate surface area is 269 Å². The lowest BCUT2D eigenvalue weighted by Gasteiger charge is -2.20. The van der Waals surface area contributed by atoms with Gasteiger partial charge in [-0.25, -0.2) is 9.18 Å². The van der Waals surface area contributed by atoms with Crippen LogP contribution < -0.4 is 32.5 Å². The summed E-state index contributed by atoms with van der Waals surface area (Å²) in [6.45, 7) is 4.86. The lowest BCUT2D eigenvalue weighted by molar-refractivity contribution is -0.275. The number of nitrogens with one attached hydrogen (secondary N) is 4. The number of nitrogens with two attached hydrogens (primary N) is 2.